The van der Waals surface area contributed by atoms with E-state index in [0.717, 1.165) is 29.0 Å². The molecule has 1 atom stereocenters. The van der Waals surface area contributed by atoms with Crippen LogP contribution in [0.2, 0.25) is 0 Å². The topological polar surface area (TPSA) is 47.6 Å². The maximum absolute atomic E-state index is 12.4. The molecule has 0 fully saturated rings. The summed E-state index contributed by atoms with van der Waals surface area (Å²) in [6.07, 6.45) is 0.722. The smallest absolute Gasteiger partial charge is 0.258 e. The van der Waals surface area contributed by atoms with E-state index in [2.05, 4.69) is 5.32 Å². The first-order chi connectivity index (χ1) is 11.8. The van der Waals surface area contributed by atoms with Crippen LogP contribution >= 0.6 is 0 Å². The van der Waals surface area contributed by atoms with Crippen LogP contribution in [0, 0.1) is 13.8 Å². The highest BCUT2D eigenvalue weighted by Gasteiger charge is 2.34. The van der Waals surface area contributed by atoms with Gasteiger partial charge in [-0.15, -0.1) is 0 Å². The van der Waals surface area contributed by atoms with Gasteiger partial charge in [-0.05, 0) is 45.4 Å². The van der Waals surface area contributed by atoms with Crippen LogP contribution < -0.4 is 14.8 Å². The lowest BCUT2D eigenvalue weighted by atomic mass is 9.90. The van der Waals surface area contributed by atoms with Crippen molar-refractivity contribution in [1.82, 2.24) is 5.32 Å². The number of para-hydroxylation sites is 1. The van der Waals surface area contributed by atoms with Gasteiger partial charge in [0.1, 0.15) is 17.1 Å². The van der Waals surface area contributed by atoms with Crippen LogP contribution in [-0.4, -0.2) is 18.1 Å². The average molecular weight is 339 g/mol. The van der Waals surface area contributed by atoms with Gasteiger partial charge in [-0.1, -0.05) is 35.9 Å². The summed E-state index contributed by atoms with van der Waals surface area (Å²) in [5.41, 5.74) is 2.91. The van der Waals surface area contributed by atoms with Crippen molar-refractivity contribution < 1.29 is 14.3 Å². The number of ether oxygens (including phenoxy) is 2. The van der Waals surface area contributed by atoms with Gasteiger partial charge in [-0.2, -0.15) is 0 Å². The number of carbonyl (C=O) groups is 1. The first-order valence-electron chi connectivity index (χ1n) is 8.61. The molecule has 1 N–H and O–H groups in total. The highest BCUT2D eigenvalue weighted by molar-refractivity contribution is 5.78. The molecule has 4 heteroatoms. The fraction of sp³-hybridized carbons (Fsp3) is 0.381. The lowest BCUT2D eigenvalue weighted by Gasteiger charge is -2.37. The number of amides is 1. The summed E-state index contributed by atoms with van der Waals surface area (Å²) >= 11 is 0. The zero-order chi connectivity index (χ0) is 18.0. The summed E-state index contributed by atoms with van der Waals surface area (Å²) in [6.45, 7) is 8.09. The van der Waals surface area contributed by atoms with Crippen molar-refractivity contribution in [2.24, 2.45) is 0 Å². The third-order valence-corrected chi connectivity index (χ3v) is 4.40. The Bertz CT molecular complexity index is 782. The second kappa shape index (κ2) is 6.79. The van der Waals surface area contributed by atoms with Gasteiger partial charge in [-0.3, -0.25) is 4.79 Å². The molecule has 4 nitrogen and oxygen atoms in total. The number of nitrogens with one attached hydrogen (secondary N) is 1. The van der Waals surface area contributed by atoms with Crippen molar-refractivity contribution in [3.8, 4) is 11.5 Å². The van der Waals surface area contributed by atoms with Gasteiger partial charge < -0.3 is 14.8 Å². The highest BCUT2D eigenvalue weighted by Crippen LogP contribution is 2.39. The zero-order valence-corrected chi connectivity index (χ0v) is 15.3. The number of rotatable bonds is 4. The van der Waals surface area contributed by atoms with Crippen LogP contribution in [0.4, 0.5) is 0 Å². The van der Waals surface area contributed by atoms with Gasteiger partial charge in [0.15, 0.2) is 6.61 Å². The van der Waals surface area contributed by atoms with Gasteiger partial charge in [-0.25, -0.2) is 0 Å². The summed E-state index contributed by atoms with van der Waals surface area (Å²) in [5.74, 6) is 1.45. The molecule has 1 aliphatic rings. The second-order valence-electron chi connectivity index (χ2n) is 7.28. The van der Waals surface area contributed by atoms with Crippen LogP contribution in [0.5, 0.6) is 11.5 Å². The van der Waals surface area contributed by atoms with E-state index in [9.17, 15) is 4.79 Å². The Balaban J connectivity index is 1.66. The Hall–Kier alpha value is -2.49. The van der Waals surface area contributed by atoms with E-state index in [-0.39, 0.29) is 24.2 Å². The Morgan fingerprint density at radius 2 is 2.00 bits per heavy atom. The Kier molecular flexibility index (Phi) is 4.71. The van der Waals surface area contributed by atoms with Gasteiger partial charge >= 0.3 is 0 Å². The summed E-state index contributed by atoms with van der Waals surface area (Å²) in [6, 6.07) is 13.7. The number of hydrogen-bond acceptors (Lipinski definition) is 3. The van der Waals surface area contributed by atoms with E-state index < -0.39 is 0 Å². The maximum atomic E-state index is 12.4. The van der Waals surface area contributed by atoms with Crippen LogP contribution in [0.25, 0.3) is 0 Å². The molecule has 0 saturated heterocycles. The standard InChI is InChI=1S/C21H25NO3/c1-14-9-10-18(15(2)11-14)24-13-20(23)22-17-12-21(3,4)25-19-8-6-5-7-16(17)19/h5-11,17H,12-13H2,1-4H3,(H,22,23)/t17-/m1/s1. The molecule has 1 aliphatic heterocycles. The van der Waals surface area contributed by atoms with Crippen molar-refractivity contribution in [3.05, 3.63) is 59.2 Å². The zero-order valence-electron chi connectivity index (χ0n) is 15.3. The molecule has 3 rings (SSSR count). The van der Waals surface area contributed by atoms with Gasteiger partial charge in [0, 0.05) is 12.0 Å². The van der Waals surface area contributed by atoms with Crippen molar-refractivity contribution in [3.63, 3.8) is 0 Å². The first kappa shape index (κ1) is 17.3. The number of aryl methyl sites for hydroxylation is 2. The van der Waals surface area contributed by atoms with Gasteiger partial charge in [0.2, 0.25) is 0 Å². The quantitative estimate of drug-likeness (QED) is 0.912. The normalized spacial score (nSPS) is 18.0. The average Bonchev–Trinajstić information content (AvgIpc) is 2.53. The van der Waals surface area contributed by atoms with E-state index in [1.165, 1.54) is 5.56 Å². The fourth-order valence-electron chi connectivity index (χ4n) is 3.27. The number of carbonyl (C=O) groups excluding carboxylic acids is 1. The summed E-state index contributed by atoms with van der Waals surface area (Å²) in [5, 5.41) is 3.09. The molecular formula is C21H25NO3. The molecule has 132 valence electrons. The number of benzene rings is 2. The third kappa shape index (κ3) is 4.13. The third-order valence-electron chi connectivity index (χ3n) is 4.40. The SMILES string of the molecule is Cc1ccc(OCC(=O)N[C@@H]2CC(C)(C)Oc3ccccc32)c(C)c1. The second-order valence-corrected chi connectivity index (χ2v) is 7.28. The number of hydrogen-bond donors (Lipinski definition) is 1. The van der Waals surface area contributed by atoms with Gasteiger partial charge in [0.05, 0.1) is 6.04 Å². The molecule has 0 spiro atoms. The predicted molar refractivity (Wildman–Crippen MR) is 98.1 cm³/mol. The predicted octanol–water partition coefficient (Wildman–Crippen LogP) is 4.10. The Morgan fingerprint density at radius 3 is 2.76 bits per heavy atom. The molecule has 0 aliphatic carbocycles. The van der Waals surface area contributed by atoms with Crippen molar-refractivity contribution in [1.29, 1.82) is 0 Å². The summed E-state index contributed by atoms with van der Waals surface area (Å²) in [7, 11) is 0. The molecule has 0 radical (unpaired) electrons. The van der Waals surface area contributed by atoms with Crippen molar-refractivity contribution >= 4 is 5.91 Å². The molecule has 0 aromatic heterocycles. The maximum Gasteiger partial charge on any atom is 0.258 e. The molecule has 0 unspecified atom stereocenters. The lowest BCUT2D eigenvalue weighted by Crippen LogP contribution is -2.42. The lowest BCUT2D eigenvalue weighted by molar-refractivity contribution is -0.124. The molecule has 0 bridgehead atoms. The highest BCUT2D eigenvalue weighted by atomic mass is 16.5. The van der Waals surface area contributed by atoms with Crippen molar-refractivity contribution in [2.45, 2.75) is 45.8 Å². The fourth-order valence-corrected chi connectivity index (χ4v) is 3.27. The molecule has 2 aromatic carbocycles. The van der Waals surface area contributed by atoms with Gasteiger partial charge in [0.25, 0.3) is 5.91 Å². The number of fused-ring (bicyclic) bond motifs is 1. The first-order valence-corrected chi connectivity index (χ1v) is 8.61. The minimum atomic E-state index is -0.319. The van der Waals surface area contributed by atoms with E-state index in [1.807, 2.05) is 70.2 Å². The molecular weight excluding hydrogens is 314 g/mol. The summed E-state index contributed by atoms with van der Waals surface area (Å²) < 4.78 is 11.7. The van der Waals surface area contributed by atoms with Crippen LogP contribution in [-0.2, 0) is 4.79 Å². The molecule has 1 heterocycles. The molecule has 2 aromatic rings. The molecule has 1 amide bonds. The minimum absolute atomic E-state index is 0.00382. The monoisotopic (exact) mass is 339 g/mol. The Labute approximate surface area is 149 Å². The molecule has 25 heavy (non-hydrogen) atoms. The van der Waals surface area contributed by atoms with Crippen LogP contribution in [0.1, 0.15) is 43.0 Å². The minimum Gasteiger partial charge on any atom is -0.487 e. The van der Waals surface area contributed by atoms with Crippen molar-refractivity contribution in [2.75, 3.05) is 6.61 Å². The van der Waals surface area contributed by atoms with E-state index in [1.54, 1.807) is 0 Å². The molecule has 0 saturated carbocycles. The largest absolute Gasteiger partial charge is 0.487 e. The van der Waals surface area contributed by atoms with E-state index in [0.29, 0.717) is 0 Å². The van der Waals surface area contributed by atoms with E-state index in [4.69, 9.17) is 9.47 Å². The Morgan fingerprint density at radius 1 is 1.24 bits per heavy atom. The summed E-state index contributed by atoms with van der Waals surface area (Å²) in [4.78, 5) is 12.4. The van der Waals surface area contributed by atoms with E-state index >= 15 is 0 Å². The van der Waals surface area contributed by atoms with Crippen LogP contribution in [0.3, 0.4) is 0 Å². The van der Waals surface area contributed by atoms with Crippen LogP contribution in [0.15, 0.2) is 42.5 Å².